The van der Waals surface area contributed by atoms with Crippen LogP contribution in [0.15, 0.2) is 36.4 Å². The van der Waals surface area contributed by atoms with Crippen LogP contribution in [0.1, 0.15) is 20.7 Å². The molecule has 3 aromatic rings. The zero-order valence-electron chi connectivity index (χ0n) is 12.3. The standard InChI is InChI=1S/C16H10Cl2N2O3S/c1-23-15(22)8-2-5-12-13(6-8)24-16(19-12)20-14(21)10-4-3-9(17)7-11(10)18/h2-7H,1H3,(H,19,20,21). The van der Waals surface area contributed by atoms with Gasteiger partial charge in [-0.15, -0.1) is 0 Å². The number of thiazole rings is 1. The van der Waals surface area contributed by atoms with E-state index in [9.17, 15) is 9.59 Å². The zero-order chi connectivity index (χ0) is 17.3. The van der Waals surface area contributed by atoms with Gasteiger partial charge in [0.15, 0.2) is 5.13 Å². The SMILES string of the molecule is COC(=O)c1ccc2nc(NC(=O)c3ccc(Cl)cc3Cl)sc2c1. The Balaban J connectivity index is 1.87. The number of carbonyl (C=O) groups is 2. The molecule has 0 unspecified atom stereocenters. The fraction of sp³-hybridized carbons (Fsp3) is 0.0625. The summed E-state index contributed by atoms with van der Waals surface area (Å²) in [6, 6.07) is 9.62. The molecule has 0 radical (unpaired) electrons. The van der Waals surface area contributed by atoms with E-state index in [-0.39, 0.29) is 10.9 Å². The molecule has 0 saturated carbocycles. The average Bonchev–Trinajstić information content (AvgIpc) is 2.95. The van der Waals surface area contributed by atoms with Gasteiger partial charge in [-0.1, -0.05) is 34.5 Å². The minimum Gasteiger partial charge on any atom is -0.465 e. The Kier molecular flexibility index (Phi) is 4.71. The van der Waals surface area contributed by atoms with E-state index in [1.54, 1.807) is 30.3 Å². The lowest BCUT2D eigenvalue weighted by molar-refractivity contribution is 0.0601. The number of fused-ring (bicyclic) bond motifs is 1. The van der Waals surface area contributed by atoms with Crippen LogP contribution in [0.25, 0.3) is 10.2 Å². The molecule has 1 aromatic heterocycles. The van der Waals surface area contributed by atoms with E-state index in [0.717, 1.165) is 4.70 Å². The van der Waals surface area contributed by atoms with E-state index in [4.69, 9.17) is 23.2 Å². The third kappa shape index (κ3) is 3.36. The topological polar surface area (TPSA) is 68.3 Å². The first-order valence-electron chi connectivity index (χ1n) is 6.73. The van der Waals surface area contributed by atoms with Gasteiger partial charge < -0.3 is 4.74 Å². The van der Waals surface area contributed by atoms with Crippen LogP contribution in [0.5, 0.6) is 0 Å². The van der Waals surface area contributed by atoms with E-state index >= 15 is 0 Å². The highest BCUT2D eigenvalue weighted by molar-refractivity contribution is 7.22. The molecule has 0 fully saturated rings. The zero-order valence-corrected chi connectivity index (χ0v) is 14.6. The fourth-order valence-corrected chi connectivity index (χ4v) is 3.46. The van der Waals surface area contributed by atoms with Crippen LogP contribution in [0.4, 0.5) is 5.13 Å². The molecule has 1 N–H and O–H groups in total. The number of anilines is 1. The number of ether oxygens (including phenoxy) is 1. The number of carbonyl (C=O) groups excluding carboxylic acids is 2. The number of rotatable bonds is 3. The number of aromatic nitrogens is 1. The molecular weight excluding hydrogens is 371 g/mol. The highest BCUT2D eigenvalue weighted by Crippen LogP contribution is 2.28. The number of nitrogens with zero attached hydrogens (tertiary/aromatic N) is 1. The second kappa shape index (κ2) is 6.76. The summed E-state index contributed by atoms with van der Waals surface area (Å²) in [4.78, 5) is 28.2. The molecule has 0 saturated heterocycles. The molecule has 122 valence electrons. The maximum Gasteiger partial charge on any atom is 0.337 e. The van der Waals surface area contributed by atoms with Crippen molar-refractivity contribution in [3.63, 3.8) is 0 Å². The third-order valence-corrected chi connectivity index (χ3v) is 4.69. The first-order valence-corrected chi connectivity index (χ1v) is 8.30. The number of hydrogen-bond donors (Lipinski definition) is 1. The lowest BCUT2D eigenvalue weighted by Gasteiger charge is -2.04. The first-order chi connectivity index (χ1) is 11.5. The quantitative estimate of drug-likeness (QED) is 0.671. The van der Waals surface area contributed by atoms with Crippen LogP contribution in [0.2, 0.25) is 10.0 Å². The van der Waals surface area contributed by atoms with E-state index < -0.39 is 5.97 Å². The molecule has 5 nitrogen and oxygen atoms in total. The van der Waals surface area contributed by atoms with Gasteiger partial charge in [0, 0.05) is 5.02 Å². The lowest BCUT2D eigenvalue weighted by atomic mass is 10.2. The highest BCUT2D eigenvalue weighted by atomic mass is 35.5. The van der Waals surface area contributed by atoms with E-state index in [1.807, 2.05) is 0 Å². The van der Waals surface area contributed by atoms with Crippen molar-refractivity contribution in [2.45, 2.75) is 0 Å². The van der Waals surface area contributed by atoms with Crippen molar-refractivity contribution >= 4 is 61.8 Å². The molecule has 0 bridgehead atoms. The van der Waals surface area contributed by atoms with Gasteiger partial charge in [0.1, 0.15) is 0 Å². The Bertz CT molecular complexity index is 956. The summed E-state index contributed by atoms with van der Waals surface area (Å²) in [5, 5.41) is 3.81. The normalized spacial score (nSPS) is 10.6. The van der Waals surface area contributed by atoms with Gasteiger partial charge >= 0.3 is 5.97 Å². The van der Waals surface area contributed by atoms with Crippen molar-refractivity contribution in [3.8, 4) is 0 Å². The summed E-state index contributed by atoms with van der Waals surface area (Å²) in [6.45, 7) is 0. The second-order valence-corrected chi connectivity index (χ2v) is 6.65. The summed E-state index contributed by atoms with van der Waals surface area (Å²) in [6.07, 6.45) is 0. The Morgan fingerprint density at radius 3 is 2.67 bits per heavy atom. The number of halogens is 2. The number of nitrogens with one attached hydrogen (secondary N) is 1. The van der Waals surface area contributed by atoms with Gasteiger partial charge in [0.2, 0.25) is 0 Å². The molecule has 24 heavy (non-hydrogen) atoms. The molecular formula is C16H10Cl2N2O3S. The van der Waals surface area contributed by atoms with Crippen molar-refractivity contribution < 1.29 is 14.3 Å². The number of methoxy groups -OCH3 is 1. The number of hydrogen-bond acceptors (Lipinski definition) is 5. The van der Waals surface area contributed by atoms with Crippen LogP contribution >= 0.6 is 34.5 Å². The molecule has 0 aliphatic carbocycles. The van der Waals surface area contributed by atoms with Crippen LogP contribution < -0.4 is 5.32 Å². The molecule has 0 atom stereocenters. The molecule has 1 amide bonds. The molecule has 2 aromatic carbocycles. The van der Waals surface area contributed by atoms with Crippen molar-refractivity contribution in [2.24, 2.45) is 0 Å². The van der Waals surface area contributed by atoms with Gasteiger partial charge in [0.25, 0.3) is 5.91 Å². The van der Waals surface area contributed by atoms with E-state index in [1.165, 1.54) is 24.5 Å². The molecule has 8 heteroatoms. The summed E-state index contributed by atoms with van der Waals surface area (Å²) >= 11 is 13.1. The molecule has 0 spiro atoms. The minimum atomic E-state index is -0.427. The average molecular weight is 381 g/mol. The predicted octanol–water partition coefficient (Wildman–Crippen LogP) is 4.64. The van der Waals surface area contributed by atoms with Gasteiger partial charge in [0.05, 0.1) is 33.5 Å². The molecule has 1 heterocycles. The maximum absolute atomic E-state index is 12.3. The Hall–Kier alpha value is -2.15. The van der Waals surface area contributed by atoms with Crippen molar-refractivity contribution in [3.05, 3.63) is 57.6 Å². The molecule has 0 aliphatic heterocycles. The molecule has 3 rings (SSSR count). The second-order valence-electron chi connectivity index (χ2n) is 4.77. The van der Waals surface area contributed by atoms with Crippen molar-refractivity contribution in [1.29, 1.82) is 0 Å². The largest absolute Gasteiger partial charge is 0.465 e. The Labute approximate surface area is 151 Å². The van der Waals surface area contributed by atoms with Gasteiger partial charge in [-0.05, 0) is 36.4 Å². The van der Waals surface area contributed by atoms with E-state index in [2.05, 4.69) is 15.0 Å². The fourth-order valence-electron chi connectivity index (χ4n) is 2.06. The first kappa shape index (κ1) is 16.7. The summed E-state index contributed by atoms with van der Waals surface area (Å²) in [5.74, 6) is -0.812. The monoisotopic (exact) mass is 380 g/mol. The smallest absolute Gasteiger partial charge is 0.337 e. The van der Waals surface area contributed by atoms with E-state index in [0.29, 0.717) is 26.8 Å². The third-order valence-electron chi connectivity index (χ3n) is 3.21. The Morgan fingerprint density at radius 1 is 1.17 bits per heavy atom. The van der Waals surface area contributed by atoms with Crippen LogP contribution in [0, 0.1) is 0 Å². The number of benzene rings is 2. The van der Waals surface area contributed by atoms with Crippen LogP contribution in [0.3, 0.4) is 0 Å². The summed E-state index contributed by atoms with van der Waals surface area (Å²) < 4.78 is 5.45. The Morgan fingerprint density at radius 2 is 1.96 bits per heavy atom. The van der Waals surface area contributed by atoms with Gasteiger partial charge in [-0.2, -0.15) is 0 Å². The van der Waals surface area contributed by atoms with Crippen molar-refractivity contribution in [2.75, 3.05) is 12.4 Å². The summed E-state index contributed by atoms with van der Waals surface area (Å²) in [7, 11) is 1.32. The number of amides is 1. The minimum absolute atomic E-state index is 0.258. The van der Waals surface area contributed by atoms with Gasteiger partial charge in [-0.25, -0.2) is 9.78 Å². The maximum atomic E-state index is 12.3. The summed E-state index contributed by atoms with van der Waals surface area (Å²) in [5.41, 5.74) is 1.40. The highest BCUT2D eigenvalue weighted by Gasteiger charge is 2.14. The van der Waals surface area contributed by atoms with Crippen molar-refractivity contribution in [1.82, 2.24) is 4.98 Å². The van der Waals surface area contributed by atoms with Gasteiger partial charge in [-0.3, -0.25) is 10.1 Å². The number of esters is 1. The van der Waals surface area contributed by atoms with Crippen LogP contribution in [-0.2, 0) is 4.74 Å². The molecule has 0 aliphatic rings. The lowest BCUT2D eigenvalue weighted by Crippen LogP contribution is -2.12. The van der Waals surface area contributed by atoms with Crippen LogP contribution in [-0.4, -0.2) is 24.0 Å². The predicted molar refractivity (Wildman–Crippen MR) is 95.4 cm³/mol.